The quantitative estimate of drug-likeness (QED) is 0.762. The molecule has 0 saturated heterocycles. The van der Waals surface area contributed by atoms with E-state index in [0.29, 0.717) is 12.2 Å². The Hall–Kier alpha value is -1.13. The molecule has 0 bridgehead atoms. The van der Waals surface area contributed by atoms with Crippen LogP contribution in [0.5, 0.6) is 5.75 Å². The molecule has 0 heterocycles. The maximum atomic E-state index is 13.1. The van der Waals surface area contributed by atoms with Gasteiger partial charge in [-0.2, -0.15) is 0 Å². The predicted molar refractivity (Wildman–Crippen MR) is 74.9 cm³/mol. The van der Waals surface area contributed by atoms with E-state index in [4.69, 9.17) is 4.74 Å². The average Bonchev–Trinajstić information content (AvgIpc) is 2.36. The summed E-state index contributed by atoms with van der Waals surface area (Å²) in [5.41, 5.74) is -0.372. The Balaban J connectivity index is 2.55. The zero-order valence-corrected chi connectivity index (χ0v) is 11.9. The number of hydrogen-bond donors (Lipinski definition) is 2. The van der Waals surface area contributed by atoms with E-state index in [1.807, 2.05) is 13.8 Å². The highest BCUT2D eigenvalue weighted by Gasteiger charge is 2.25. The third kappa shape index (κ3) is 5.57. The molecule has 2 atom stereocenters. The van der Waals surface area contributed by atoms with Crippen LogP contribution >= 0.6 is 0 Å². The molecule has 1 rings (SSSR count). The molecule has 0 saturated carbocycles. The van der Waals surface area contributed by atoms with Gasteiger partial charge >= 0.3 is 0 Å². The fourth-order valence-corrected chi connectivity index (χ4v) is 2.07. The van der Waals surface area contributed by atoms with Crippen LogP contribution in [-0.4, -0.2) is 29.9 Å². The van der Waals surface area contributed by atoms with Crippen molar-refractivity contribution in [3.63, 3.8) is 0 Å². The molecule has 0 fully saturated rings. The first-order chi connectivity index (χ1) is 8.99. The summed E-state index contributed by atoms with van der Waals surface area (Å²) in [6.07, 6.45) is 1.55. The van der Waals surface area contributed by atoms with Gasteiger partial charge in [-0.05, 0) is 38.9 Å². The molecule has 19 heavy (non-hydrogen) atoms. The van der Waals surface area contributed by atoms with Gasteiger partial charge in [0.15, 0.2) is 0 Å². The van der Waals surface area contributed by atoms with Crippen LogP contribution in [0, 0.1) is 5.82 Å². The first-order valence-electron chi connectivity index (χ1n) is 6.77. The first-order valence-corrected chi connectivity index (χ1v) is 6.77. The fraction of sp³-hybridized carbons (Fsp3) is 0.600. The van der Waals surface area contributed by atoms with Crippen molar-refractivity contribution in [3.8, 4) is 5.75 Å². The van der Waals surface area contributed by atoms with Crippen LogP contribution in [0.3, 0.4) is 0 Å². The molecule has 1 aromatic carbocycles. The van der Waals surface area contributed by atoms with Crippen molar-refractivity contribution in [2.45, 2.75) is 45.3 Å². The SMILES string of the molecule is CCCNC(C)(CO)CC(C)Oc1cccc(F)c1. The lowest BCUT2D eigenvalue weighted by molar-refractivity contribution is 0.110. The van der Waals surface area contributed by atoms with Crippen molar-refractivity contribution < 1.29 is 14.2 Å². The highest BCUT2D eigenvalue weighted by Crippen LogP contribution is 2.19. The van der Waals surface area contributed by atoms with Gasteiger partial charge in [0.25, 0.3) is 0 Å². The Kier molecular flexibility index (Phi) is 6.25. The number of aliphatic hydroxyl groups is 1. The maximum absolute atomic E-state index is 13.1. The zero-order chi connectivity index (χ0) is 14.3. The topological polar surface area (TPSA) is 41.5 Å². The van der Waals surface area contributed by atoms with E-state index in [-0.39, 0.29) is 24.1 Å². The molecule has 2 N–H and O–H groups in total. The number of nitrogens with one attached hydrogen (secondary N) is 1. The molecule has 2 unspecified atom stereocenters. The summed E-state index contributed by atoms with van der Waals surface area (Å²) in [5, 5.41) is 12.8. The summed E-state index contributed by atoms with van der Waals surface area (Å²) in [6.45, 7) is 6.87. The van der Waals surface area contributed by atoms with E-state index >= 15 is 0 Å². The lowest BCUT2D eigenvalue weighted by Gasteiger charge is -2.31. The maximum Gasteiger partial charge on any atom is 0.126 e. The van der Waals surface area contributed by atoms with E-state index in [9.17, 15) is 9.50 Å². The Labute approximate surface area is 114 Å². The molecule has 4 heteroatoms. The Morgan fingerprint density at radius 3 is 2.79 bits per heavy atom. The monoisotopic (exact) mass is 269 g/mol. The largest absolute Gasteiger partial charge is 0.491 e. The average molecular weight is 269 g/mol. The van der Waals surface area contributed by atoms with Gasteiger partial charge in [-0.15, -0.1) is 0 Å². The van der Waals surface area contributed by atoms with E-state index < -0.39 is 0 Å². The van der Waals surface area contributed by atoms with Gasteiger partial charge in [-0.1, -0.05) is 13.0 Å². The minimum Gasteiger partial charge on any atom is -0.491 e. The fourth-order valence-electron chi connectivity index (χ4n) is 2.07. The van der Waals surface area contributed by atoms with Gasteiger partial charge in [-0.25, -0.2) is 4.39 Å². The lowest BCUT2D eigenvalue weighted by Crippen LogP contribution is -2.48. The molecular formula is C15H24FNO2. The number of benzene rings is 1. The van der Waals surface area contributed by atoms with Gasteiger partial charge in [0, 0.05) is 18.0 Å². The van der Waals surface area contributed by atoms with Crippen molar-refractivity contribution in [3.05, 3.63) is 30.1 Å². The van der Waals surface area contributed by atoms with Gasteiger partial charge in [0.05, 0.1) is 12.7 Å². The van der Waals surface area contributed by atoms with E-state index in [1.54, 1.807) is 12.1 Å². The molecule has 1 aromatic rings. The minimum absolute atomic E-state index is 0.0455. The summed E-state index contributed by atoms with van der Waals surface area (Å²) in [6, 6.07) is 6.11. The van der Waals surface area contributed by atoms with Crippen LogP contribution in [0.25, 0.3) is 0 Å². The van der Waals surface area contributed by atoms with E-state index in [2.05, 4.69) is 12.2 Å². The number of hydrogen-bond acceptors (Lipinski definition) is 3. The normalized spacial score (nSPS) is 15.8. The molecule has 0 spiro atoms. The van der Waals surface area contributed by atoms with Gasteiger partial charge in [-0.3, -0.25) is 0 Å². The standard InChI is InChI=1S/C15H24FNO2/c1-4-8-17-15(3,11-18)10-12(2)19-14-7-5-6-13(16)9-14/h5-7,9,12,17-18H,4,8,10-11H2,1-3H3. The summed E-state index contributed by atoms with van der Waals surface area (Å²) >= 11 is 0. The number of ether oxygens (including phenoxy) is 1. The summed E-state index contributed by atoms with van der Waals surface area (Å²) in [5.74, 6) is 0.210. The van der Waals surface area contributed by atoms with Gasteiger partial charge in [0.2, 0.25) is 0 Å². The van der Waals surface area contributed by atoms with Crippen LogP contribution in [0.2, 0.25) is 0 Å². The zero-order valence-electron chi connectivity index (χ0n) is 11.9. The second-order valence-electron chi connectivity index (χ2n) is 5.24. The third-order valence-corrected chi connectivity index (χ3v) is 3.02. The highest BCUT2D eigenvalue weighted by atomic mass is 19.1. The number of aliphatic hydroxyl groups excluding tert-OH is 1. The van der Waals surface area contributed by atoms with Crippen molar-refractivity contribution in [1.29, 1.82) is 0 Å². The van der Waals surface area contributed by atoms with E-state index in [0.717, 1.165) is 13.0 Å². The second kappa shape index (κ2) is 7.46. The second-order valence-corrected chi connectivity index (χ2v) is 5.24. The smallest absolute Gasteiger partial charge is 0.126 e. The molecule has 0 aromatic heterocycles. The predicted octanol–water partition coefficient (Wildman–Crippen LogP) is 2.73. The number of halogens is 1. The molecule has 0 radical (unpaired) electrons. The van der Waals surface area contributed by atoms with Crippen LogP contribution in [0.4, 0.5) is 4.39 Å². The third-order valence-electron chi connectivity index (χ3n) is 3.02. The number of rotatable bonds is 8. The molecule has 0 aliphatic carbocycles. The van der Waals surface area contributed by atoms with Crippen molar-refractivity contribution in [2.75, 3.05) is 13.2 Å². The lowest BCUT2D eigenvalue weighted by atomic mass is 9.95. The van der Waals surface area contributed by atoms with Crippen LogP contribution in [-0.2, 0) is 0 Å². The van der Waals surface area contributed by atoms with Crippen molar-refractivity contribution >= 4 is 0 Å². The Morgan fingerprint density at radius 2 is 2.21 bits per heavy atom. The molecular weight excluding hydrogens is 245 g/mol. The van der Waals surface area contributed by atoms with Gasteiger partial charge in [0.1, 0.15) is 11.6 Å². The van der Waals surface area contributed by atoms with Gasteiger partial charge < -0.3 is 15.2 Å². The molecule has 0 aliphatic rings. The molecule has 0 aliphatic heterocycles. The summed E-state index contributed by atoms with van der Waals surface area (Å²) in [4.78, 5) is 0. The van der Waals surface area contributed by atoms with Crippen LogP contribution in [0.1, 0.15) is 33.6 Å². The van der Waals surface area contributed by atoms with Crippen LogP contribution < -0.4 is 10.1 Å². The molecule has 108 valence electrons. The molecule has 0 amide bonds. The Morgan fingerprint density at radius 1 is 1.47 bits per heavy atom. The molecule has 3 nitrogen and oxygen atoms in total. The van der Waals surface area contributed by atoms with Crippen molar-refractivity contribution in [1.82, 2.24) is 5.32 Å². The minimum atomic E-state index is -0.372. The Bertz CT molecular complexity index is 386. The summed E-state index contributed by atoms with van der Waals surface area (Å²) < 4.78 is 18.7. The highest BCUT2D eigenvalue weighted by molar-refractivity contribution is 5.22. The van der Waals surface area contributed by atoms with E-state index in [1.165, 1.54) is 12.1 Å². The van der Waals surface area contributed by atoms with Crippen molar-refractivity contribution in [2.24, 2.45) is 0 Å². The summed E-state index contributed by atoms with van der Waals surface area (Å²) in [7, 11) is 0. The van der Waals surface area contributed by atoms with Crippen LogP contribution in [0.15, 0.2) is 24.3 Å². The first kappa shape index (κ1) is 15.9.